The first-order valence-electron chi connectivity index (χ1n) is 5.51. The van der Waals surface area contributed by atoms with Crippen LogP contribution in [0.2, 0.25) is 0 Å². The van der Waals surface area contributed by atoms with Gasteiger partial charge < -0.3 is 14.7 Å². The van der Waals surface area contributed by atoms with Crippen LogP contribution in [0.25, 0.3) is 0 Å². The number of hydroxylamine groups is 1. The Morgan fingerprint density at radius 2 is 2.05 bits per heavy atom. The lowest BCUT2D eigenvalue weighted by molar-refractivity contribution is -0.153. The van der Waals surface area contributed by atoms with Crippen LogP contribution in [0.5, 0.6) is 5.75 Å². The van der Waals surface area contributed by atoms with E-state index in [0.717, 1.165) is 11.6 Å². The van der Waals surface area contributed by atoms with E-state index >= 15 is 0 Å². The number of aliphatic carboxylic acids is 1. The normalized spacial score (nSPS) is 11.4. The Morgan fingerprint density at radius 3 is 2.53 bits per heavy atom. The summed E-state index contributed by atoms with van der Waals surface area (Å²) in [6.45, 7) is 3.21. The number of nitrogens with one attached hydrogen (secondary N) is 1. The maximum atomic E-state index is 11.0. The van der Waals surface area contributed by atoms with E-state index in [1.165, 1.54) is 0 Å². The van der Waals surface area contributed by atoms with E-state index in [1.54, 1.807) is 31.4 Å². The monoisotopic (exact) mass is 265 g/mol. The second-order valence-electron chi connectivity index (χ2n) is 3.69. The molecule has 0 aliphatic rings. The van der Waals surface area contributed by atoms with E-state index in [0.29, 0.717) is 5.75 Å². The maximum Gasteiger partial charge on any atom is 0.348 e. The molecule has 19 heavy (non-hydrogen) atoms. The van der Waals surface area contributed by atoms with Crippen molar-refractivity contribution in [1.82, 2.24) is 5.48 Å². The highest BCUT2D eigenvalue weighted by Gasteiger charge is 2.19. The molecule has 102 valence electrons. The summed E-state index contributed by atoms with van der Waals surface area (Å²) in [5.74, 6) is -1.17. The van der Waals surface area contributed by atoms with Gasteiger partial charge in [0, 0.05) is 12.5 Å². The minimum atomic E-state index is -1.12. The summed E-state index contributed by atoms with van der Waals surface area (Å²) in [7, 11) is 1.55. The molecule has 6 heteroatoms. The van der Waals surface area contributed by atoms with E-state index < -0.39 is 18.0 Å². The molecule has 0 aliphatic heterocycles. The van der Waals surface area contributed by atoms with Gasteiger partial charge in [0.1, 0.15) is 11.8 Å². The standard InChI is InChI=1S/C13H15NO5/c1-3-12(15)19-14-11(13(16)17)8-9-4-6-10(18-2)7-5-9/h3-7,11,14H,1,8H2,2H3,(H,16,17). The van der Waals surface area contributed by atoms with E-state index in [1.807, 2.05) is 0 Å². The summed E-state index contributed by atoms with van der Waals surface area (Å²) < 4.78 is 5.00. The lowest BCUT2D eigenvalue weighted by Gasteiger charge is -2.13. The van der Waals surface area contributed by atoms with Crippen LogP contribution in [0.1, 0.15) is 5.56 Å². The predicted molar refractivity (Wildman–Crippen MR) is 67.5 cm³/mol. The van der Waals surface area contributed by atoms with Gasteiger partial charge in [-0.2, -0.15) is 0 Å². The van der Waals surface area contributed by atoms with Crippen LogP contribution in [0.4, 0.5) is 0 Å². The van der Waals surface area contributed by atoms with Crippen molar-refractivity contribution in [2.45, 2.75) is 12.5 Å². The van der Waals surface area contributed by atoms with Crippen LogP contribution in [-0.2, 0) is 20.8 Å². The molecule has 0 radical (unpaired) electrons. The molecule has 0 saturated heterocycles. The molecule has 0 saturated carbocycles. The van der Waals surface area contributed by atoms with Crippen LogP contribution in [0.15, 0.2) is 36.9 Å². The number of carboxylic acid groups (broad SMARTS) is 1. The summed E-state index contributed by atoms with van der Waals surface area (Å²) in [6.07, 6.45) is 1.11. The number of ether oxygens (including phenoxy) is 1. The average molecular weight is 265 g/mol. The van der Waals surface area contributed by atoms with Crippen LogP contribution in [0, 0.1) is 0 Å². The second kappa shape index (κ2) is 7.17. The van der Waals surface area contributed by atoms with Gasteiger partial charge in [-0.15, -0.1) is 5.48 Å². The lowest BCUT2D eigenvalue weighted by atomic mass is 10.1. The number of carbonyl (C=O) groups excluding carboxylic acids is 1. The molecule has 1 unspecified atom stereocenters. The van der Waals surface area contributed by atoms with Gasteiger partial charge in [0.15, 0.2) is 0 Å². The van der Waals surface area contributed by atoms with Gasteiger partial charge in [-0.25, -0.2) is 4.79 Å². The number of hydrogen-bond acceptors (Lipinski definition) is 5. The number of carbonyl (C=O) groups is 2. The Balaban J connectivity index is 2.64. The van der Waals surface area contributed by atoms with Crippen molar-refractivity contribution in [3.63, 3.8) is 0 Å². The fourth-order valence-electron chi connectivity index (χ4n) is 1.35. The molecular weight excluding hydrogens is 250 g/mol. The third-order valence-electron chi connectivity index (χ3n) is 2.37. The minimum Gasteiger partial charge on any atom is -0.497 e. The first kappa shape index (κ1) is 14.7. The Hall–Kier alpha value is -2.34. The van der Waals surface area contributed by atoms with Gasteiger partial charge in [-0.1, -0.05) is 18.7 Å². The molecule has 0 bridgehead atoms. The maximum absolute atomic E-state index is 11.0. The zero-order chi connectivity index (χ0) is 14.3. The van der Waals surface area contributed by atoms with Gasteiger partial charge in [-0.05, 0) is 17.7 Å². The number of methoxy groups -OCH3 is 1. The van der Waals surface area contributed by atoms with Crippen molar-refractivity contribution in [2.24, 2.45) is 0 Å². The van der Waals surface area contributed by atoms with E-state index in [-0.39, 0.29) is 6.42 Å². The summed E-state index contributed by atoms with van der Waals surface area (Å²) in [5.41, 5.74) is 2.97. The number of benzene rings is 1. The van der Waals surface area contributed by atoms with Crippen molar-refractivity contribution in [3.05, 3.63) is 42.5 Å². The summed E-state index contributed by atoms with van der Waals surface area (Å²) in [4.78, 5) is 26.4. The largest absolute Gasteiger partial charge is 0.497 e. The molecule has 6 nitrogen and oxygen atoms in total. The van der Waals surface area contributed by atoms with E-state index in [9.17, 15) is 9.59 Å². The molecule has 1 aromatic carbocycles. The van der Waals surface area contributed by atoms with Crippen molar-refractivity contribution in [3.8, 4) is 5.75 Å². The molecule has 0 spiro atoms. The fraction of sp³-hybridized carbons (Fsp3) is 0.231. The highest BCUT2D eigenvalue weighted by atomic mass is 16.7. The van der Waals surface area contributed by atoms with Crippen LogP contribution in [-0.4, -0.2) is 30.2 Å². The van der Waals surface area contributed by atoms with E-state index in [2.05, 4.69) is 16.9 Å². The SMILES string of the molecule is C=CC(=O)ONC(Cc1ccc(OC)cc1)C(=O)O. The lowest BCUT2D eigenvalue weighted by Crippen LogP contribution is -2.39. The first-order valence-corrected chi connectivity index (χ1v) is 5.51. The summed E-state index contributed by atoms with van der Waals surface area (Å²) in [5, 5.41) is 9.02. The van der Waals surface area contributed by atoms with Gasteiger partial charge in [0.2, 0.25) is 0 Å². The predicted octanol–water partition coefficient (Wildman–Crippen LogP) is 0.925. The Labute approximate surface area is 110 Å². The van der Waals surface area contributed by atoms with Gasteiger partial charge in [0.05, 0.1) is 7.11 Å². The fourth-order valence-corrected chi connectivity index (χ4v) is 1.35. The number of carboxylic acids is 1. The number of rotatable bonds is 7. The zero-order valence-electron chi connectivity index (χ0n) is 10.5. The molecule has 0 amide bonds. The highest BCUT2D eigenvalue weighted by molar-refractivity contribution is 5.81. The van der Waals surface area contributed by atoms with Crippen molar-refractivity contribution in [2.75, 3.05) is 7.11 Å². The van der Waals surface area contributed by atoms with Crippen LogP contribution >= 0.6 is 0 Å². The summed E-state index contributed by atoms with van der Waals surface area (Å²) in [6, 6.07) is 5.91. The third kappa shape index (κ3) is 4.81. The zero-order valence-corrected chi connectivity index (χ0v) is 10.5. The highest BCUT2D eigenvalue weighted by Crippen LogP contribution is 2.12. The Kier molecular flexibility index (Phi) is 5.56. The molecule has 1 atom stereocenters. The van der Waals surface area contributed by atoms with Crippen molar-refractivity contribution >= 4 is 11.9 Å². The van der Waals surface area contributed by atoms with Gasteiger partial charge in [0.25, 0.3) is 0 Å². The van der Waals surface area contributed by atoms with Gasteiger partial charge in [-0.3, -0.25) is 4.79 Å². The average Bonchev–Trinajstić information content (AvgIpc) is 2.43. The third-order valence-corrected chi connectivity index (χ3v) is 2.37. The molecule has 1 rings (SSSR count). The van der Waals surface area contributed by atoms with Crippen LogP contribution in [0.3, 0.4) is 0 Å². The topological polar surface area (TPSA) is 84.9 Å². The molecular formula is C13H15NO5. The van der Waals surface area contributed by atoms with Crippen molar-refractivity contribution < 1.29 is 24.3 Å². The molecule has 0 fully saturated rings. The van der Waals surface area contributed by atoms with Gasteiger partial charge >= 0.3 is 11.9 Å². The van der Waals surface area contributed by atoms with E-state index in [4.69, 9.17) is 9.84 Å². The molecule has 0 heterocycles. The Morgan fingerprint density at radius 1 is 1.42 bits per heavy atom. The molecule has 2 N–H and O–H groups in total. The molecule has 1 aromatic rings. The first-order chi connectivity index (χ1) is 9.06. The number of hydrogen-bond donors (Lipinski definition) is 2. The minimum absolute atomic E-state index is 0.170. The quantitative estimate of drug-likeness (QED) is 0.563. The smallest absolute Gasteiger partial charge is 0.348 e. The molecule has 0 aromatic heterocycles. The summed E-state index contributed by atoms with van der Waals surface area (Å²) >= 11 is 0. The molecule has 0 aliphatic carbocycles. The van der Waals surface area contributed by atoms with Crippen molar-refractivity contribution in [1.29, 1.82) is 0 Å². The van der Waals surface area contributed by atoms with Crippen LogP contribution < -0.4 is 10.2 Å². The second-order valence-corrected chi connectivity index (χ2v) is 3.69. The Bertz CT molecular complexity index is 455.